The van der Waals surface area contributed by atoms with Gasteiger partial charge in [-0.3, -0.25) is 4.90 Å². The topological polar surface area (TPSA) is 32.7 Å². The first kappa shape index (κ1) is 10.4. The van der Waals surface area contributed by atoms with Crippen molar-refractivity contribution in [1.82, 2.24) is 4.90 Å². The lowest BCUT2D eigenvalue weighted by Gasteiger charge is -2.48. The molecule has 0 bridgehead atoms. The Labute approximate surface area is 86.0 Å². The van der Waals surface area contributed by atoms with E-state index in [-0.39, 0.29) is 6.61 Å². The molecule has 1 heterocycles. The van der Waals surface area contributed by atoms with Crippen molar-refractivity contribution in [3.8, 4) is 0 Å². The van der Waals surface area contributed by atoms with Crippen molar-refractivity contribution in [3.05, 3.63) is 0 Å². The Morgan fingerprint density at radius 1 is 1.14 bits per heavy atom. The lowest BCUT2D eigenvalue weighted by molar-refractivity contribution is -0.0179. The fourth-order valence-electron chi connectivity index (χ4n) is 2.86. The number of aliphatic hydroxyl groups is 1. The van der Waals surface area contributed by atoms with E-state index < -0.39 is 0 Å². The number of hydrogen-bond donors (Lipinski definition) is 1. The SMILES string of the molecule is OCCOCCN1CC2(CCCC2)C1. The zero-order chi connectivity index (χ0) is 9.86. The van der Waals surface area contributed by atoms with E-state index in [0.717, 1.165) is 13.2 Å². The van der Waals surface area contributed by atoms with Gasteiger partial charge in [-0.25, -0.2) is 0 Å². The third-order valence-corrected chi connectivity index (χ3v) is 3.57. The van der Waals surface area contributed by atoms with Crippen LogP contribution in [0.1, 0.15) is 25.7 Å². The van der Waals surface area contributed by atoms with E-state index in [2.05, 4.69) is 4.90 Å². The molecule has 14 heavy (non-hydrogen) atoms. The van der Waals surface area contributed by atoms with Crippen LogP contribution in [-0.2, 0) is 4.74 Å². The van der Waals surface area contributed by atoms with Gasteiger partial charge in [-0.1, -0.05) is 12.8 Å². The van der Waals surface area contributed by atoms with Gasteiger partial charge in [-0.2, -0.15) is 0 Å². The van der Waals surface area contributed by atoms with E-state index in [9.17, 15) is 0 Å². The van der Waals surface area contributed by atoms with Crippen LogP contribution in [-0.4, -0.2) is 49.5 Å². The molecule has 0 aromatic rings. The molecule has 3 nitrogen and oxygen atoms in total. The van der Waals surface area contributed by atoms with E-state index >= 15 is 0 Å². The molecule has 82 valence electrons. The minimum absolute atomic E-state index is 0.143. The lowest BCUT2D eigenvalue weighted by atomic mass is 9.78. The van der Waals surface area contributed by atoms with Crippen LogP contribution in [0.2, 0.25) is 0 Å². The molecule has 1 aliphatic carbocycles. The van der Waals surface area contributed by atoms with Crippen LogP contribution in [0.15, 0.2) is 0 Å². The van der Waals surface area contributed by atoms with E-state index in [4.69, 9.17) is 9.84 Å². The van der Waals surface area contributed by atoms with Gasteiger partial charge in [-0.15, -0.1) is 0 Å². The highest BCUT2D eigenvalue weighted by Gasteiger charge is 2.43. The molecule has 0 amide bonds. The predicted octanol–water partition coefficient (Wildman–Crippen LogP) is 0.871. The highest BCUT2D eigenvalue weighted by atomic mass is 16.5. The van der Waals surface area contributed by atoms with Gasteiger partial charge in [0.25, 0.3) is 0 Å². The Morgan fingerprint density at radius 3 is 2.50 bits per heavy atom. The van der Waals surface area contributed by atoms with Gasteiger partial charge in [0.2, 0.25) is 0 Å². The molecule has 0 unspecified atom stereocenters. The van der Waals surface area contributed by atoms with Crippen LogP contribution < -0.4 is 0 Å². The average molecular weight is 199 g/mol. The maximum absolute atomic E-state index is 8.53. The fourth-order valence-corrected chi connectivity index (χ4v) is 2.86. The second kappa shape index (κ2) is 4.60. The number of aliphatic hydroxyl groups excluding tert-OH is 1. The Hall–Kier alpha value is -0.120. The number of nitrogens with zero attached hydrogens (tertiary/aromatic N) is 1. The highest BCUT2D eigenvalue weighted by Crippen LogP contribution is 2.45. The van der Waals surface area contributed by atoms with Crippen LogP contribution in [0.25, 0.3) is 0 Å². The Bertz CT molecular complexity index is 170. The largest absolute Gasteiger partial charge is 0.394 e. The van der Waals surface area contributed by atoms with Gasteiger partial charge < -0.3 is 9.84 Å². The number of likely N-dealkylation sites (tertiary alicyclic amines) is 1. The molecule has 1 aliphatic heterocycles. The van der Waals surface area contributed by atoms with Crippen molar-refractivity contribution in [1.29, 1.82) is 0 Å². The number of rotatable bonds is 5. The van der Waals surface area contributed by atoms with Gasteiger partial charge in [0.05, 0.1) is 19.8 Å². The van der Waals surface area contributed by atoms with Gasteiger partial charge in [0.1, 0.15) is 0 Å². The quantitative estimate of drug-likeness (QED) is 0.667. The van der Waals surface area contributed by atoms with Crippen molar-refractivity contribution in [2.45, 2.75) is 25.7 Å². The van der Waals surface area contributed by atoms with E-state index in [1.165, 1.54) is 38.8 Å². The van der Waals surface area contributed by atoms with E-state index in [0.29, 0.717) is 12.0 Å². The first-order chi connectivity index (χ1) is 6.85. The monoisotopic (exact) mass is 199 g/mol. The van der Waals surface area contributed by atoms with Crippen molar-refractivity contribution >= 4 is 0 Å². The zero-order valence-electron chi connectivity index (χ0n) is 8.87. The Kier molecular flexibility index (Phi) is 3.42. The molecule has 1 saturated carbocycles. The third-order valence-electron chi connectivity index (χ3n) is 3.57. The number of ether oxygens (including phenoxy) is 1. The fraction of sp³-hybridized carbons (Fsp3) is 1.00. The molecule has 2 fully saturated rings. The molecule has 2 rings (SSSR count). The first-order valence-electron chi connectivity index (χ1n) is 5.76. The Morgan fingerprint density at radius 2 is 1.86 bits per heavy atom. The summed E-state index contributed by atoms with van der Waals surface area (Å²) in [6, 6.07) is 0. The van der Waals surface area contributed by atoms with Gasteiger partial charge >= 0.3 is 0 Å². The standard InChI is InChI=1S/C11H21NO2/c13-6-8-14-7-5-12-9-11(10-12)3-1-2-4-11/h13H,1-10H2. The summed E-state index contributed by atoms with van der Waals surface area (Å²) in [6.07, 6.45) is 5.77. The van der Waals surface area contributed by atoms with E-state index in [1.54, 1.807) is 0 Å². The lowest BCUT2D eigenvalue weighted by Crippen LogP contribution is -2.55. The van der Waals surface area contributed by atoms with Crippen LogP contribution in [0.5, 0.6) is 0 Å². The minimum Gasteiger partial charge on any atom is -0.394 e. The second-order valence-electron chi connectivity index (χ2n) is 4.75. The van der Waals surface area contributed by atoms with Crippen LogP contribution in [0, 0.1) is 5.41 Å². The molecule has 0 aromatic carbocycles. The zero-order valence-corrected chi connectivity index (χ0v) is 8.87. The van der Waals surface area contributed by atoms with Gasteiger partial charge in [-0.05, 0) is 18.3 Å². The normalized spacial score (nSPS) is 25.5. The van der Waals surface area contributed by atoms with Crippen molar-refractivity contribution in [2.75, 3.05) is 39.5 Å². The summed E-state index contributed by atoms with van der Waals surface area (Å²) in [4.78, 5) is 2.47. The van der Waals surface area contributed by atoms with Crippen LogP contribution in [0.4, 0.5) is 0 Å². The van der Waals surface area contributed by atoms with Crippen molar-refractivity contribution in [2.24, 2.45) is 5.41 Å². The molecule has 0 atom stereocenters. The van der Waals surface area contributed by atoms with Gasteiger partial charge in [0.15, 0.2) is 0 Å². The highest BCUT2D eigenvalue weighted by molar-refractivity contribution is 4.97. The van der Waals surface area contributed by atoms with Crippen molar-refractivity contribution < 1.29 is 9.84 Å². The van der Waals surface area contributed by atoms with E-state index in [1.807, 2.05) is 0 Å². The molecule has 1 N–H and O–H groups in total. The molecular weight excluding hydrogens is 178 g/mol. The first-order valence-corrected chi connectivity index (χ1v) is 5.76. The summed E-state index contributed by atoms with van der Waals surface area (Å²) in [5.41, 5.74) is 0.705. The molecule has 1 saturated heterocycles. The predicted molar refractivity (Wildman–Crippen MR) is 55.2 cm³/mol. The summed E-state index contributed by atoms with van der Waals surface area (Å²) in [5.74, 6) is 0. The summed E-state index contributed by atoms with van der Waals surface area (Å²) in [7, 11) is 0. The smallest absolute Gasteiger partial charge is 0.0698 e. The summed E-state index contributed by atoms with van der Waals surface area (Å²) in [5, 5.41) is 8.53. The van der Waals surface area contributed by atoms with Crippen LogP contribution in [0.3, 0.4) is 0 Å². The molecular formula is C11H21NO2. The second-order valence-corrected chi connectivity index (χ2v) is 4.75. The summed E-state index contributed by atoms with van der Waals surface area (Å²) < 4.78 is 5.25. The Balaban J connectivity index is 1.54. The minimum atomic E-state index is 0.143. The molecule has 1 spiro atoms. The average Bonchev–Trinajstić information content (AvgIpc) is 2.59. The molecule has 2 aliphatic rings. The maximum atomic E-state index is 8.53. The maximum Gasteiger partial charge on any atom is 0.0698 e. The molecule has 0 aromatic heterocycles. The number of hydrogen-bond acceptors (Lipinski definition) is 3. The van der Waals surface area contributed by atoms with Gasteiger partial charge in [0, 0.05) is 19.6 Å². The van der Waals surface area contributed by atoms with Crippen LogP contribution >= 0.6 is 0 Å². The summed E-state index contributed by atoms with van der Waals surface area (Å²) >= 11 is 0. The molecule has 0 radical (unpaired) electrons. The third kappa shape index (κ3) is 2.27. The summed E-state index contributed by atoms with van der Waals surface area (Å²) in [6.45, 7) is 5.02. The van der Waals surface area contributed by atoms with Crippen molar-refractivity contribution in [3.63, 3.8) is 0 Å². The molecule has 3 heteroatoms.